The number of carbonyl (C=O) groups is 2. The van der Waals surface area contributed by atoms with Crippen molar-refractivity contribution in [3.8, 4) is 0 Å². The zero-order valence-electron chi connectivity index (χ0n) is 8.82. The van der Waals surface area contributed by atoms with Gasteiger partial charge in [-0.15, -0.1) is 0 Å². The summed E-state index contributed by atoms with van der Waals surface area (Å²) < 4.78 is -1.62. The molecular formula is C11H11Cl2NO3. The molecule has 1 aromatic carbocycles. The van der Waals surface area contributed by atoms with E-state index in [4.69, 9.17) is 28.3 Å². The Hall–Kier alpha value is -1.26. The number of rotatable bonds is 5. The van der Waals surface area contributed by atoms with Crippen molar-refractivity contribution >= 4 is 35.1 Å². The van der Waals surface area contributed by atoms with E-state index in [-0.39, 0.29) is 6.42 Å². The topological polar surface area (TPSA) is 66.4 Å². The van der Waals surface area contributed by atoms with Crippen molar-refractivity contribution in [1.29, 1.82) is 0 Å². The fourth-order valence-electron chi connectivity index (χ4n) is 1.24. The lowest BCUT2D eigenvalue weighted by molar-refractivity contribution is -0.118. The summed E-state index contributed by atoms with van der Waals surface area (Å²) in [6.07, 6.45) is -1.15. The van der Waals surface area contributed by atoms with Gasteiger partial charge in [-0.2, -0.15) is 0 Å². The second kappa shape index (κ2) is 5.89. The van der Waals surface area contributed by atoms with E-state index in [9.17, 15) is 9.59 Å². The average Bonchev–Trinajstić information content (AvgIpc) is 2.26. The third-order valence-electron chi connectivity index (χ3n) is 2.08. The molecule has 0 unspecified atom stereocenters. The molecule has 0 fully saturated rings. The van der Waals surface area contributed by atoms with E-state index in [1.54, 1.807) is 24.3 Å². The van der Waals surface area contributed by atoms with Crippen LogP contribution in [-0.4, -0.2) is 27.9 Å². The van der Waals surface area contributed by atoms with Gasteiger partial charge in [0.2, 0.25) is 0 Å². The van der Waals surface area contributed by atoms with Gasteiger partial charge in [0.1, 0.15) is 0 Å². The van der Waals surface area contributed by atoms with Crippen molar-refractivity contribution in [1.82, 2.24) is 5.32 Å². The summed E-state index contributed by atoms with van der Waals surface area (Å²) in [5.74, 6) is -0.577. The molecule has 0 spiro atoms. The third-order valence-corrected chi connectivity index (χ3v) is 2.77. The Morgan fingerprint density at radius 2 is 1.82 bits per heavy atom. The van der Waals surface area contributed by atoms with Crippen LogP contribution in [0.5, 0.6) is 0 Å². The molecule has 0 heterocycles. The number of carboxylic acid groups (broad SMARTS) is 1. The second-order valence-electron chi connectivity index (χ2n) is 3.45. The molecule has 0 saturated carbocycles. The fourth-order valence-corrected chi connectivity index (χ4v) is 1.68. The quantitative estimate of drug-likeness (QED) is 0.810. The molecule has 1 rings (SSSR count). The lowest BCUT2D eigenvalue weighted by atomic mass is 10.1. The van der Waals surface area contributed by atoms with Crippen LogP contribution in [0.15, 0.2) is 30.3 Å². The molecule has 0 aliphatic rings. The molecule has 0 aliphatic heterocycles. The Kier molecular flexibility index (Phi) is 4.78. The number of Topliss-reactive ketones (excluding diaryl/α,β-unsaturated/α-hetero) is 1. The minimum Gasteiger partial charge on any atom is -0.465 e. The number of benzene rings is 1. The van der Waals surface area contributed by atoms with Gasteiger partial charge in [0.15, 0.2) is 10.1 Å². The number of halogens is 2. The standard InChI is InChI=1S/C11H11Cl2NO3/c12-11(13,9(15)7-14-10(16)17)6-8-4-2-1-3-5-8/h1-5,14H,6-7H2,(H,16,17). The normalized spacial score (nSPS) is 10.9. The highest BCUT2D eigenvalue weighted by atomic mass is 35.5. The summed E-state index contributed by atoms with van der Waals surface area (Å²) in [5.41, 5.74) is 0.807. The molecule has 2 N–H and O–H groups in total. The number of nitrogens with one attached hydrogen (secondary N) is 1. The van der Waals surface area contributed by atoms with Crippen LogP contribution in [0.3, 0.4) is 0 Å². The van der Waals surface area contributed by atoms with E-state index < -0.39 is 22.8 Å². The van der Waals surface area contributed by atoms with Gasteiger partial charge in [-0.3, -0.25) is 4.79 Å². The van der Waals surface area contributed by atoms with E-state index >= 15 is 0 Å². The fraction of sp³-hybridized carbons (Fsp3) is 0.273. The number of ketones is 1. The SMILES string of the molecule is O=C(O)NCC(=O)C(Cl)(Cl)Cc1ccccc1. The number of carbonyl (C=O) groups excluding carboxylic acids is 1. The summed E-state index contributed by atoms with van der Waals surface area (Å²) in [6, 6.07) is 9.02. The van der Waals surface area contributed by atoms with Gasteiger partial charge in [0, 0.05) is 6.42 Å². The third kappa shape index (κ3) is 4.63. The van der Waals surface area contributed by atoms with Crippen molar-refractivity contribution in [3.63, 3.8) is 0 Å². The molecule has 6 heteroatoms. The van der Waals surface area contributed by atoms with Gasteiger partial charge in [0.25, 0.3) is 0 Å². The lowest BCUT2D eigenvalue weighted by Gasteiger charge is -2.17. The first kappa shape index (κ1) is 13.8. The maximum atomic E-state index is 11.6. The Labute approximate surface area is 109 Å². The molecule has 0 atom stereocenters. The first-order valence-corrected chi connectivity index (χ1v) is 5.59. The number of hydrogen-bond acceptors (Lipinski definition) is 2. The molecule has 0 aromatic heterocycles. The molecule has 17 heavy (non-hydrogen) atoms. The molecule has 92 valence electrons. The average molecular weight is 276 g/mol. The van der Waals surface area contributed by atoms with E-state index in [1.165, 1.54) is 0 Å². The van der Waals surface area contributed by atoms with Gasteiger partial charge < -0.3 is 10.4 Å². The Bertz CT molecular complexity index is 406. The van der Waals surface area contributed by atoms with Gasteiger partial charge in [0.05, 0.1) is 6.54 Å². The van der Waals surface area contributed by atoms with Crippen LogP contribution in [0, 0.1) is 0 Å². The summed E-state index contributed by atoms with van der Waals surface area (Å²) in [5, 5.41) is 10.3. The lowest BCUT2D eigenvalue weighted by Crippen LogP contribution is -2.38. The largest absolute Gasteiger partial charge is 0.465 e. The predicted molar refractivity (Wildman–Crippen MR) is 65.6 cm³/mol. The van der Waals surface area contributed by atoms with Crippen LogP contribution in [-0.2, 0) is 11.2 Å². The van der Waals surface area contributed by atoms with Gasteiger partial charge in [-0.05, 0) is 5.56 Å². The smallest absolute Gasteiger partial charge is 0.405 e. The molecular weight excluding hydrogens is 265 g/mol. The van der Waals surface area contributed by atoms with Crippen LogP contribution in [0.1, 0.15) is 5.56 Å². The minimum absolute atomic E-state index is 0.136. The van der Waals surface area contributed by atoms with Crippen LogP contribution in [0.4, 0.5) is 4.79 Å². The molecule has 0 aliphatic carbocycles. The van der Waals surface area contributed by atoms with Gasteiger partial charge in [-0.1, -0.05) is 53.5 Å². The Balaban J connectivity index is 2.61. The first-order chi connectivity index (χ1) is 7.92. The van der Waals surface area contributed by atoms with Crippen LogP contribution in [0.2, 0.25) is 0 Å². The number of alkyl halides is 2. The predicted octanol–water partition coefficient (Wildman–Crippen LogP) is 2.24. The Morgan fingerprint density at radius 3 is 2.35 bits per heavy atom. The molecule has 1 amide bonds. The van der Waals surface area contributed by atoms with Crippen molar-refractivity contribution < 1.29 is 14.7 Å². The van der Waals surface area contributed by atoms with E-state index in [0.29, 0.717) is 0 Å². The summed E-state index contributed by atoms with van der Waals surface area (Å²) in [4.78, 5) is 21.8. The van der Waals surface area contributed by atoms with Gasteiger partial charge >= 0.3 is 6.09 Å². The monoisotopic (exact) mass is 275 g/mol. The van der Waals surface area contributed by atoms with Crippen LogP contribution in [0.25, 0.3) is 0 Å². The summed E-state index contributed by atoms with van der Waals surface area (Å²) in [6.45, 7) is -0.408. The highest BCUT2D eigenvalue weighted by molar-refractivity contribution is 6.58. The van der Waals surface area contributed by atoms with Crippen molar-refractivity contribution in [2.45, 2.75) is 10.8 Å². The van der Waals surface area contributed by atoms with Crippen molar-refractivity contribution in [2.75, 3.05) is 6.54 Å². The molecule has 4 nitrogen and oxygen atoms in total. The zero-order valence-corrected chi connectivity index (χ0v) is 10.3. The summed E-state index contributed by atoms with van der Waals surface area (Å²) in [7, 11) is 0. The maximum Gasteiger partial charge on any atom is 0.405 e. The molecule has 0 bridgehead atoms. The molecule has 0 radical (unpaired) electrons. The van der Waals surface area contributed by atoms with E-state index in [0.717, 1.165) is 5.56 Å². The molecule has 1 aromatic rings. The highest BCUT2D eigenvalue weighted by Crippen LogP contribution is 2.27. The number of amides is 1. The minimum atomic E-state index is -1.62. The van der Waals surface area contributed by atoms with E-state index in [2.05, 4.69) is 0 Å². The van der Waals surface area contributed by atoms with Crippen LogP contribution >= 0.6 is 23.2 Å². The van der Waals surface area contributed by atoms with Crippen LogP contribution < -0.4 is 5.32 Å². The molecule has 0 saturated heterocycles. The first-order valence-electron chi connectivity index (χ1n) is 4.83. The highest BCUT2D eigenvalue weighted by Gasteiger charge is 2.33. The van der Waals surface area contributed by atoms with Gasteiger partial charge in [-0.25, -0.2) is 4.79 Å². The summed E-state index contributed by atoms with van der Waals surface area (Å²) >= 11 is 11.8. The number of hydrogen-bond donors (Lipinski definition) is 2. The second-order valence-corrected chi connectivity index (χ2v) is 4.93. The van der Waals surface area contributed by atoms with Crippen molar-refractivity contribution in [2.24, 2.45) is 0 Å². The zero-order chi connectivity index (χ0) is 12.9. The van der Waals surface area contributed by atoms with E-state index in [1.807, 2.05) is 11.4 Å². The Morgan fingerprint density at radius 1 is 1.24 bits per heavy atom. The maximum absolute atomic E-state index is 11.6. The van der Waals surface area contributed by atoms with Crippen molar-refractivity contribution in [3.05, 3.63) is 35.9 Å².